The van der Waals surface area contributed by atoms with E-state index in [9.17, 15) is 5.21 Å². The molecule has 0 bridgehead atoms. The van der Waals surface area contributed by atoms with E-state index in [4.69, 9.17) is 4.74 Å². The zero-order valence-electron chi connectivity index (χ0n) is 7.23. The Morgan fingerprint density at radius 1 is 1.23 bits per heavy atom. The van der Waals surface area contributed by atoms with E-state index >= 15 is 0 Å². The highest BCUT2D eigenvalue weighted by Crippen LogP contribution is 2.15. The van der Waals surface area contributed by atoms with Gasteiger partial charge in [-0.25, -0.2) is 0 Å². The highest BCUT2D eigenvalue weighted by atomic mass is 16.5. The maximum Gasteiger partial charge on any atom is 0.379 e. The standard InChI is InChI=1S/C10H9NO2/c1-13-10-6-8-4-2-3-5-9(8)7-11(10)12/h2-7H,1H3. The van der Waals surface area contributed by atoms with E-state index in [0.717, 1.165) is 15.5 Å². The summed E-state index contributed by atoms with van der Waals surface area (Å²) in [4.78, 5) is 0. The molecule has 0 unspecified atom stereocenters. The second-order valence-corrected chi connectivity index (χ2v) is 2.77. The number of benzene rings is 1. The molecule has 1 aromatic carbocycles. The van der Waals surface area contributed by atoms with Crippen molar-refractivity contribution < 1.29 is 9.47 Å². The molecular weight excluding hydrogens is 166 g/mol. The number of fused-ring (bicyclic) bond motifs is 1. The fourth-order valence-electron chi connectivity index (χ4n) is 1.30. The summed E-state index contributed by atoms with van der Waals surface area (Å²) in [6, 6.07) is 9.38. The van der Waals surface area contributed by atoms with Crippen molar-refractivity contribution >= 4 is 10.8 Å². The molecule has 3 nitrogen and oxygen atoms in total. The van der Waals surface area contributed by atoms with E-state index < -0.39 is 0 Å². The molecule has 0 aliphatic heterocycles. The summed E-state index contributed by atoms with van der Waals surface area (Å²) in [5.74, 6) is 0.318. The number of hydrogen-bond acceptors (Lipinski definition) is 2. The monoisotopic (exact) mass is 175 g/mol. The molecule has 0 aliphatic carbocycles. The van der Waals surface area contributed by atoms with Crippen LogP contribution in [0.3, 0.4) is 0 Å². The summed E-state index contributed by atoms with van der Waals surface area (Å²) < 4.78 is 5.63. The van der Waals surface area contributed by atoms with Gasteiger partial charge in [0.1, 0.15) is 0 Å². The molecule has 0 saturated heterocycles. The summed E-state index contributed by atoms with van der Waals surface area (Å²) in [7, 11) is 1.48. The molecule has 2 rings (SSSR count). The summed E-state index contributed by atoms with van der Waals surface area (Å²) in [5, 5.41) is 13.2. The van der Waals surface area contributed by atoms with Gasteiger partial charge in [-0.3, -0.25) is 0 Å². The average Bonchev–Trinajstić information content (AvgIpc) is 2.17. The minimum Gasteiger partial charge on any atom is -0.616 e. The maximum absolute atomic E-state index is 11.3. The number of pyridine rings is 1. The van der Waals surface area contributed by atoms with Gasteiger partial charge in [0.15, 0.2) is 6.20 Å². The van der Waals surface area contributed by atoms with Crippen molar-refractivity contribution in [3.8, 4) is 5.88 Å². The van der Waals surface area contributed by atoms with E-state index in [1.165, 1.54) is 13.3 Å². The molecule has 0 atom stereocenters. The van der Waals surface area contributed by atoms with Gasteiger partial charge in [-0.2, -0.15) is 0 Å². The first kappa shape index (κ1) is 7.86. The summed E-state index contributed by atoms with van der Waals surface area (Å²) in [6.45, 7) is 0. The Hall–Kier alpha value is -1.77. The first-order chi connectivity index (χ1) is 6.31. The summed E-state index contributed by atoms with van der Waals surface area (Å²) >= 11 is 0. The van der Waals surface area contributed by atoms with Crippen LogP contribution in [0.5, 0.6) is 5.88 Å². The summed E-state index contributed by atoms with van der Waals surface area (Å²) in [6.07, 6.45) is 1.51. The molecule has 3 heteroatoms. The zero-order valence-corrected chi connectivity index (χ0v) is 7.23. The molecule has 2 aromatic rings. The highest BCUT2D eigenvalue weighted by molar-refractivity contribution is 5.81. The molecule has 13 heavy (non-hydrogen) atoms. The Morgan fingerprint density at radius 2 is 1.92 bits per heavy atom. The van der Waals surface area contributed by atoms with Crippen LogP contribution < -0.4 is 9.47 Å². The fraction of sp³-hybridized carbons (Fsp3) is 0.100. The Balaban J connectivity index is 2.74. The quantitative estimate of drug-likeness (QED) is 0.486. The van der Waals surface area contributed by atoms with Gasteiger partial charge in [0.2, 0.25) is 0 Å². The molecule has 0 spiro atoms. The third kappa shape index (κ3) is 1.28. The van der Waals surface area contributed by atoms with Crippen molar-refractivity contribution in [3.63, 3.8) is 0 Å². The fourth-order valence-corrected chi connectivity index (χ4v) is 1.30. The molecule has 0 saturated carbocycles. The van der Waals surface area contributed by atoms with Crippen LogP contribution in [0.25, 0.3) is 10.8 Å². The van der Waals surface area contributed by atoms with Crippen LogP contribution >= 0.6 is 0 Å². The van der Waals surface area contributed by atoms with Crippen molar-refractivity contribution in [2.24, 2.45) is 0 Å². The van der Waals surface area contributed by atoms with Crippen molar-refractivity contribution in [2.45, 2.75) is 0 Å². The zero-order chi connectivity index (χ0) is 9.26. The first-order valence-electron chi connectivity index (χ1n) is 3.97. The highest BCUT2D eigenvalue weighted by Gasteiger charge is 2.05. The Labute approximate surface area is 75.8 Å². The lowest BCUT2D eigenvalue weighted by molar-refractivity contribution is -0.610. The summed E-state index contributed by atoms with van der Waals surface area (Å²) in [5.41, 5.74) is 0. The predicted molar refractivity (Wildman–Crippen MR) is 49.5 cm³/mol. The molecule has 1 aromatic heterocycles. The van der Waals surface area contributed by atoms with Crippen molar-refractivity contribution in [2.75, 3.05) is 7.11 Å². The minimum absolute atomic E-state index is 0.318. The molecule has 0 N–H and O–H groups in total. The van der Waals surface area contributed by atoms with Gasteiger partial charge in [0.25, 0.3) is 0 Å². The van der Waals surface area contributed by atoms with Gasteiger partial charge in [0, 0.05) is 5.39 Å². The lowest BCUT2D eigenvalue weighted by Gasteiger charge is -2.03. The lowest BCUT2D eigenvalue weighted by atomic mass is 10.2. The van der Waals surface area contributed by atoms with Crippen LogP contribution in [0.15, 0.2) is 36.5 Å². The van der Waals surface area contributed by atoms with E-state index in [1.807, 2.05) is 24.3 Å². The lowest BCUT2D eigenvalue weighted by Crippen LogP contribution is -2.27. The third-order valence-corrected chi connectivity index (χ3v) is 1.96. The second kappa shape index (κ2) is 2.94. The number of nitrogens with zero attached hydrogens (tertiary/aromatic N) is 1. The molecule has 0 amide bonds. The van der Waals surface area contributed by atoms with E-state index in [0.29, 0.717) is 5.88 Å². The first-order valence-corrected chi connectivity index (χ1v) is 3.97. The second-order valence-electron chi connectivity index (χ2n) is 2.77. The van der Waals surface area contributed by atoms with E-state index in [1.54, 1.807) is 6.07 Å². The van der Waals surface area contributed by atoms with Gasteiger partial charge in [-0.15, -0.1) is 4.73 Å². The minimum atomic E-state index is 0.318. The largest absolute Gasteiger partial charge is 0.616 e. The molecule has 1 heterocycles. The van der Waals surface area contributed by atoms with Crippen LogP contribution in [0.1, 0.15) is 0 Å². The number of aromatic nitrogens is 1. The van der Waals surface area contributed by atoms with Crippen LogP contribution in [0.2, 0.25) is 0 Å². The molecule has 0 aliphatic rings. The van der Waals surface area contributed by atoms with Gasteiger partial charge < -0.3 is 9.94 Å². The number of rotatable bonds is 1. The third-order valence-electron chi connectivity index (χ3n) is 1.96. The van der Waals surface area contributed by atoms with Crippen LogP contribution in [0, 0.1) is 5.21 Å². The molecule has 0 radical (unpaired) electrons. The predicted octanol–water partition coefficient (Wildman–Crippen LogP) is 1.48. The van der Waals surface area contributed by atoms with Gasteiger partial charge >= 0.3 is 5.88 Å². The van der Waals surface area contributed by atoms with Crippen molar-refractivity contribution in [1.29, 1.82) is 0 Å². The topological polar surface area (TPSA) is 36.2 Å². The number of methoxy groups -OCH3 is 1. The molecular formula is C10H9NO2. The SMILES string of the molecule is COc1cc2ccccc2c[n+]1[O-]. The molecule has 66 valence electrons. The van der Waals surface area contributed by atoms with Crippen LogP contribution in [-0.4, -0.2) is 7.11 Å². The van der Waals surface area contributed by atoms with Crippen molar-refractivity contribution in [1.82, 2.24) is 0 Å². The van der Waals surface area contributed by atoms with E-state index in [2.05, 4.69) is 0 Å². The average molecular weight is 175 g/mol. The normalized spacial score (nSPS) is 10.2. The number of ether oxygens (including phenoxy) is 1. The smallest absolute Gasteiger partial charge is 0.379 e. The molecule has 0 fully saturated rings. The maximum atomic E-state index is 11.3. The van der Waals surface area contributed by atoms with E-state index in [-0.39, 0.29) is 0 Å². The van der Waals surface area contributed by atoms with Crippen molar-refractivity contribution in [3.05, 3.63) is 41.7 Å². The number of hydrogen-bond donors (Lipinski definition) is 0. The van der Waals surface area contributed by atoms with Gasteiger partial charge in [-0.05, 0) is 11.5 Å². The Morgan fingerprint density at radius 3 is 2.62 bits per heavy atom. The van der Waals surface area contributed by atoms with Crippen LogP contribution in [0.4, 0.5) is 0 Å². The Bertz CT molecular complexity index is 440. The van der Waals surface area contributed by atoms with Crippen LogP contribution in [-0.2, 0) is 0 Å². The Kier molecular flexibility index (Phi) is 1.77. The van der Waals surface area contributed by atoms with Gasteiger partial charge in [0.05, 0.1) is 13.2 Å². The van der Waals surface area contributed by atoms with Gasteiger partial charge in [-0.1, -0.05) is 18.2 Å².